The lowest BCUT2D eigenvalue weighted by molar-refractivity contribution is 0.218. The van der Waals surface area contributed by atoms with Crippen molar-refractivity contribution < 1.29 is 5.11 Å². The third-order valence-electron chi connectivity index (χ3n) is 3.00. The van der Waals surface area contributed by atoms with E-state index in [9.17, 15) is 5.11 Å². The van der Waals surface area contributed by atoms with Gasteiger partial charge in [-0.2, -0.15) is 5.10 Å². The molecule has 1 N–H and O–H groups in total. The summed E-state index contributed by atoms with van der Waals surface area (Å²) in [6.45, 7) is 4.92. The van der Waals surface area contributed by atoms with Gasteiger partial charge in [0.2, 0.25) is 0 Å². The summed E-state index contributed by atoms with van der Waals surface area (Å²) in [6.07, 6.45) is 3.84. The van der Waals surface area contributed by atoms with E-state index in [4.69, 9.17) is 0 Å². The lowest BCUT2D eigenvalue weighted by Crippen LogP contribution is -2.21. The number of aromatic nitrogens is 2. The molecule has 0 aliphatic rings. The van der Waals surface area contributed by atoms with Crippen LogP contribution in [0, 0.1) is 0 Å². The fourth-order valence-corrected chi connectivity index (χ4v) is 1.66. The zero-order valence-corrected chi connectivity index (χ0v) is 10.3. The smallest absolute Gasteiger partial charge is 0.0659 e. The van der Waals surface area contributed by atoms with Crippen LogP contribution in [0.4, 0.5) is 0 Å². The lowest BCUT2D eigenvalue weighted by atomic mass is 9.88. The van der Waals surface area contributed by atoms with Gasteiger partial charge in [-0.05, 0) is 11.1 Å². The molecule has 0 atom stereocenters. The highest BCUT2D eigenvalue weighted by molar-refractivity contribution is 5.19. The Kier molecular flexibility index (Phi) is 3.29. The van der Waals surface area contributed by atoms with Crippen LogP contribution in [0.25, 0.3) is 0 Å². The van der Waals surface area contributed by atoms with E-state index in [0.29, 0.717) is 0 Å². The van der Waals surface area contributed by atoms with Crippen molar-refractivity contribution in [3.63, 3.8) is 0 Å². The molecule has 0 unspecified atom stereocenters. The van der Waals surface area contributed by atoms with E-state index in [1.165, 1.54) is 5.56 Å². The average Bonchev–Trinajstić information content (AvgIpc) is 2.80. The highest BCUT2D eigenvalue weighted by Gasteiger charge is 2.20. The minimum Gasteiger partial charge on any atom is -0.395 e. The average molecular weight is 230 g/mol. The standard InChI is InChI=1S/C14H18N2O/c1-14(2,11-17)13-8-15-16(10-13)9-12-6-4-3-5-7-12/h3-8,10,17H,9,11H2,1-2H3. The van der Waals surface area contributed by atoms with Crippen molar-refractivity contribution in [1.82, 2.24) is 9.78 Å². The maximum absolute atomic E-state index is 9.31. The van der Waals surface area contributed by atoms with Gasteiger partial charge < -0.3 is 5.11 Å². The largest absolute Gasteiger partial charge is 0.395 e. The molecule has 90 valence electrons. The van der Waals surface area contributed by atoms with E-state index in [1.807, 2.05) is 49.1 Å². The molecular weight excluding hydrogens is 212 g/mol. The molecule has 0 fully saturated rings. The van der Waals surface area contributed by atoms with Crippen molar-refractivity contribution in [3.05, 3.63) is 53.9 Å². The number of hydrogen-bond donors (Lipinski definition) is 1. The summed E-state index contributed by atoms with van der Waals surface area (Å²) >= 11 is 0. The van der Waals surface area contributed by atoms with Crippen LogP contribution in [0.3, 0.4) is 0 Å². The number of hydrogen-bond acceptors (Lipinski definition) is 2. The minimum absolute atomic E-state index is 0.129. The Morgan fingerprint density at radius 1 is 1.24 bits per heavy atom. The molecule has 3 nitrogen and oxygen atoms in total. The van der Waals surface area contributed by atoms with Crippen LogP contribution >= 0.6 is 0 Å². The number of rotatable bonds is 4. The zero-order valence-electron chi connectivity index (χ0n) is 10.3. The van der Waals surface area contributed by atoms with Gasteiger partial charge in [-0.25, -0.2) is 0 Å². The molecule has 2 aromatic rings. The molecule has 0 saturated carbocycles. The molecule has 1 heterocycles. The normalized spacial score (nSPS) is 11.7. The van der Waals surface area contributed by atoms with Crippen LogP contribution in [-0.4, -0.2) is 21.5 Å². The highest BCUT2D eigenvalue weighted by atomic mass is 16.3. The van der Waals surface area contributed by atoms with E-state index in [1.54, 1.807) is 0 Å². The topological polar surface area (TPSA) is 38.1 Å². The molecule has 0 spiro atoms. The van der Waals surface area contributed by atoms with Gasteiger partial charge >= 0.3 is 0 Å². The Balaban J connectivity index is 2.14. The number of aliphatic hydroxyl groups excluding tert-OH is 1. The summed E-state index contributed by atoms with van der Waals surface area (Å²) in [5.41, 5.74) is 2.06. The summed E-state index contributed by atoms with van der Waals surface area (Å²) in [7, 11) is 0. The quantitative estimate of drug-likeness (QED) is 0.874. The monoisotopic (exact) mass is 230 g/mol. The van der Waals surface area contributed by atoms with E-state index < -0.39 is 0 Å². The van der Waals surface area contributed by atoms with E-state index in [2.05, 4.69) is 17.2 Å². The van der Waals surface area contributed by atoms with E-state index in [-0.39, 0.29) is 12.0 Å². The molecule has 0 bridgehead atoms. The Labute approximate surface area is 102 Å². The zero-order chi connectivity index (χ0) is 12.3. The molecule has 0 amide bonds. The Morgan fingerprint density at radius 2 is 1.94 bits per heavy atom. The summed E-state index contributed by atoms with van der Waals surface area (Å²) in [5, 5.41) is 13.6. The van der Waals surface area contributed by atoms with Crippen molar-refractivity contribution >= 4 is 0 Å². The molecule has 0 saturated heterocycles. The van der Waals surface area contributed by atoms with Crippen molar-refractivity contribution in [2.75, 3.05) is 6.61 Å². The van der Waals surface area contributed by atoms with Crippen LogP contribution in [0.15, 0.2) is 42.7 Å². The summed E-state index contributed by atoms with van der Waals surface area (Å²) in [6, 6.07) is 10.2. The fraction of sp³-hybridized carbons (Fsp3) is 0.357. The first-order chi connectivity index (χ1) is 8.12. The fourth-order valence-electron chi connectivity index (χ4n) is 1.66. The molecular formula is C14H18N2O. The van der Waals surface area contributed by atoms with Crippen molar-refractivity contribution in [3.8, 4) is 0 Å². The molecule has 1 aromatic heterocycles. The predicted molar refractivity (Wildman–Crippen MR) is 67.9 cm³/mol. The summed E-state index contributed by atoms with van der Waals surface area (Å²) < 4.78 is 1.90. The summed E-state index contributed by atoms with van der Waals surface area (Å²) in [5.74, 6) is 0. The Morgan fingerprint density at radius 3 is 2.59 bits per heavy atom. The predicted octanol–water partition coefficient (Wildman–Crippen LogP) is 2.20. The van der Waals surface area contributed by atoms with Gasteiger partial charge in [0.15, 0.2) is 0 Å². The first-order valence-electron chi connectivity index (χ1n) is 5.79. The third kappa shape index (κ3) is 2.74. The van der Waals surface area contributed by atoms with Gasteiger partial charge in [0.05, 0.1) is 19.3 Å². The van der Waals surface area contributed by atoms with Crippen LogP contribution in [0.2, 0.25) is 0 Å². The minimum atomic E-state index is -0.227. The first kappa shape index (κ1) is 11.9. The van der Waals surface area contributed by atoms with E-state index >= 15 is 0 Å². The first-order valence-corrected chi connectivity index (χ1v) is 5.79. The molecule has 0 radical (unpaired) electrons. The maximum atomic E-state index is 9.31. The van der Waals surface area contributed by atoms with Crippen LogP contribution in [-0.2, 0) is 12.0 Å². The second-order valence-corrected chi connectivity index (χ2v) is 4.95. The molecule has 2 rings (SSSR count). The molecule has 3 heteroatoms. The maximum Gasteiger partial charge on any atom is 0.0659 e. The molecule has 0 aliphatic heterocycles. The third-order valence-corrected chi connectivity index (χ3v) is 3.00. The molecule has 1 aromatic carbocycles. The van der Waals surface area contributed by atoms with Gasteiger partial charge in [-0.3, -0.25) is 4.68 Å². The van der Waals surface area contributed by atoms with Crippen molar-refractivity contribution in [1.29, 1.82) is 0 Å². The van der Waals surface area contributed by atoms with Crippen LogP contribution in [0.5, 0.6) is 0 Å². The number of nitrogens with zero attached hydrogens (tertiary/aromatic N) is 2. The Bertz CT molecular complexity index is 474. The second kappa shape index (κ2) is 4.72. The van der Waals surface area contributed by atoms with Crippen molar-refractivity contribution in [2.45, 2.75) is 25.8 Å². The SMILES string of the molecule is CC(C)(CO)c1cnn(Cc2ccccc2)c1. The van der Waals surface area contributed by atoms with Crippen LogP contribution in [0.1, 0.15) is 25.0 Å². The lowest BCUT2D eigenvalue weighted by Gasteiger charge is -2.19. The molecule has 0 aliphatic carbocycles. The molecule has 17 heavy (non-hydrogen) atoms. The van der Waals surface area contributed by atoms with Crippen molar-refractivity contribution in [2.24, 2.45) is 0 Å². The number of benzene rings is 1. The van der Waals surface area contributed by atoms with Gasteiger partial charge in [-0.1, -0.05) is 44.2 Å². The van der Waals surface area contributed by atoms with Gasteiger partial charge in [0.1, 0.15) is 0 Å². The van der Waals surface area contributed by atoms with E-state index in [0.717, 1.165) is 12.1 Å². The summed E-state index contributed by atoms with van der Waals surface area (Å²) in [4.78, 5) is 0. The second-order valence-electron chi connectivity index (χ2n) is 4.95. The Hall–Kier alpha value is -1.61. The van der Waals surface area contributed by atoms with Gasteiger partial charge in [-0.15, -0.1) is 0 Å². The van der Waals surface area contributed by atoms with Crippen LogP contribution < -0.4 is 0 Å². The van der Waals surface area contributed by atoms with Gasteiger partial charge in [0, 0.05) is 11.6 Å². The van der Waals surface area contributed by atoms with Gasteiger partial charge in [0.25, 0.3) is 0 Å². The number of aliphatic hydroxyl groups is 1. The highest BCUT2D eigenvalue weighted by Crippen LogP contribution is 2.21.